The minimum Gasteiger partial charge on any atom is -0.433 e. The number of hydrogen-bond acceptors (Lipinski definition) is 12. The van der Waals surface area contributed by atoms with Crippen LogP contribution in [0.4, 0.5) is 0 Å². The van der Waals surface area contributed by atoms with Crippen LogP contribution >= 0.6 is 11.3 Å². The van der Waals surface area contributed by atoms with Gasteiger partial charge in [0.2, 0.25) is 12.2 Å². The molecule has 3 atom stereocenters. The van der Waals surface area contributed by atoms with Crippen molar-refractivity contribution in [2.24, 2.45) is 26.7 Å². The lowest BCUT2D eigenvalue weighted by Gasteiger charge is -2.36. The molecule has 5 aliphatic rings. The number of esters is 1. The number of amides is 1. The van der Waals surface area contributed by atoms with Gasteiger partial charge in [0, 0.05) is 93.2 Å². The molecule has 63 heavy (non-hydrogen) atoms. The maximum Gasteiger partial charge on any atom is 0.334 e. The first-order valence-corrected chi connectivity index (χ1v) is 25.4. The van der Waals surface area contributed by atoms with E-state index in [1.54, 1.807) is 11.3 Å². The summed E-state index contributed by atoms with van der Waals surface area (Å²) < 4.78 is 40.1. The van der Waals surface area contributed by atoms with E-state index >= 15 is 0 Å². The summed E-state index contributed by atoms with van der Waals surface area (Å²) in [6.07, 6.45) is 5.69. The van der Waals surface area contributed by atoms with Gasteiger partial charge in [-0.1, -0.05) is 104 Å². The summed E-state index contributed by atoms with van der Waals surface area (Å²) in [6.45, 7) is 45.5. The molecule has 1 amide bonds. The molecule has 15 heteroatoms. The van der Waals surface area contributed by atoms with E-state index < -0.39 is 9.71 Å². The van der Waals surface area contributed by atoms with Crippen molar-refractivity contribution in [2.75, 3.05) is 78.5 Å². The number of ether oxygens (including phenoxy) is 5. The topological polar surface area (TPSA) is 132 Å². The van der Waals surface area contributed by atoms with Crippen LogP contribution in [0.15, 0.2) is 16.6 Å². The number of thiazole rings is 1. The van der Waals surface area contributed by atoms with Gasteiger partial charge >= 0.3 is 5.97 Å². The first kappa shape index (κ1) is 59.0. The van der Waals surface area contributed by atoms with Crippen molar-refractivity contribution >= 4 is 45.0 Å². The number of likely N-dealkylation sites (N-methyl/N-ethyl adjacent to an activating group) is 1. The van der Waals surface area contributed by atoms with Crippen LogP contribution < -0.4 is 0 Å². The number of cyclic esters (lactones) is 1. The van der Waals surface area contributed by atoms with Crippen molar-refractivity contribution in [3.05, 3.63) is 16.6 Å². The Morgan fingerprint density at radius 3 is 1.59 bits per heavy atom. The molecule has 6 rings (SSSR count). The number of hydrogen-bond donors (Lipinski definition) is 0. The number of aliphatic imine (C=N–C) groups is 1. The highest BCUT2D eigenvalue weighted by atomic mass is 32.2. The molecule has 4 fully saturated rings. The smallest absolute Gasteiger partial charge is 0.334 e. The van der Waals surface area contributed by atoms with E-state index in [1.807, 2.05) is 68.5 Å². The summed E-state index contributed by atoms with van der Waals surface area (Å²) in [5, 5.41) is 3.23. The summed E-state index contributed by atoms with van der Waals surface area (Å²) in [4.78, 5) is 35.0. The monoisotopic (exact) mass is 930 g/mol. The molecule has 0 radical (unpaired) electrons. The van der Waals surface area contributed by atoms with E-state index in [0.717, 1.165) is 71.1 Å². The Hall–Kier alpha value is -1.98. The minimum atomic E-state index is -1.91. The van der Waals surface area contributed by atoms with Crippen LogP contribution in [-0.2, 0) is 48.4 Å². The molecule has 4 saturated heterocycles. The van der Waals surface area contributed by atoms with E-state index in [9.17, 15) is 13.8 Å². The second-order valence-corrected chi connectivity index (χ2v) is 26.4. The Kier molecular flexibility index (Phi) is 23.6. The predicted octanol–water partition coefficient (Wildman–Crippen LogP) is 8.60. The van der Waals surface area contributed by atoms with E-state index in [2.05, 4.69) is 111 Å². The fraction of sp³-hybridized carbons (Fsp3) is 0.854. The van der Waals surface area contributed by atoms with Gasteiger partial charge in [-0.3, -0.25) is 14.0 Å². The van der Waals surface area contributed by atoms with Crippen molar-refractivity contribution in [2.45, 2.75) is 167 Å². The van der Waals surface area contributed by atoms with Gasteiger partial charge in [-0.15, -0.1) is 11.3 Å². The molecule has 1 aromatic heterocycles. The van der Waals surface area contributed by atoms with Gasteiger partial charge in [0.05, 0.1) is 37.5 Å². The zero-order chi connectivity index (χ0) is 48.7. The van der Waals surface area contributed by atoms with E-state index in [0.29, 0.717) is 12.7 Å². The number of carbonyl (C=O) groups is 2. The second-order valence-electron chi connectivity index (χ2n) is 23.1. The molecular weight excluding hydrogens is 839 g/mol. The van der Waals surface area contributed by atoms with Gasteiger partial charge in [0.1, 0.15) is 6.61 Å². The average Bonchev–Trinajstić information content (AvgIpc) is 3.94. The lowest BCUT2D eigenvalue weighted by molar-refractivity contribution is -0.224. The summed E-state index contributed by atoms with van der Waals surface area (Å²) in [6, 6.07) is 0. The van der Waals surface area contributed by atoms with Crippen LogP contribution in [0.2, 0.25) is 0 Å². The standard InChI is InChI=1S/C10H20N2O.C8H17NOS.C8H15NO.C8H16O2.C7H11NS.C7H12O3/c1-10(2,3)9(13)12-7-5-11(4)6-8-12;1-8(2,3)9-6-5-7-11(9,4)10;1-8(2,3)7-6-9-4-5-10-7;1-8(2,3)7-9-5-4-6-10-7;1-7(2,3)6-8-4-5-9-6;1-7(2,3)6-9-4-5(8)10-6/h5-8H2,1-4H3;4-7H2,1-3H3;4,7H,5-6H2,1-3H3;7H,4-6H2,1-3H3;4-5H,1-3H3;6H,4H2,1-3H3. The van der Waals surface area contributed by atoms with Crippen LogP contribution in [0.5, 0.6) is 0 Å². The van der Waals surface area contributed by atoms with Crippen LogP contribution in [0.3, 0.4) is 0 Å². The zero-order valence-electron chi connectivity index (χ0n) is 43.2. The van der Waals surface area contributed by atoms with Crippen molar-refractivity contribution < 1.29 is 37.5 Å². The molecule has 1 aromatic rings. The maximum absolute atomic E-state index is 11.8. The van der Waals surface area contributed by atoms with Gasteiger partial charge < -0.3 is 33.5 Å². The Balaban J connectivity index is 0.000000379. The third-order valence-corrected chi connectivity index (χ3v) is 13.7. The molecule has 0 spiro atoms. The molecule has 13 nitrogen and oxygen atoms in total. The molecule has 0 bridgehead atoms. The first-order valence-electron chi connectivity index (χ1n) is 22.7. The minimum absolute atomic E-state index is 0.00116. The van der Waals surface area contributed by atoms with Crippen molar-refractivity contribution in [3.63, 3.8) is 0 Å². The normalized spacial score (nSPS) is 24.1. The average molecular weight is 930 g/mol. The third kappa shape index (κ3) is 23.4. The number of carbonyl (C=O) groups excluding carboxylic acids is 2. The molecule has 0 N–H and O–H groups in total. The van der Waals surface area contributed by atoms with E-state index in [1.165, 1.54) is 5.01 Å². The fourth-order valence-corrected chi connectivity index (χ4v) is 9.31. The number of nitrogens with zero attached hydrogens (tertiary/aromatic N) is 5. The summed E-state index contributed by atoms with van der Waals surface area (Å²) in [7, 11) is 0.185. The molecule has 6 heterocycles. The molecule has 368 valence electrons. The van der Waals surface area contributed by atoms with Gasteiger partial charge in [-0.25, -0.2) is 14.1 Å². The summed E-state index contributed by atoms with van der Waals surface area (Å²) in [5.74, 6) is 4.55. The fourth-order valence-electron chi connectivity index (χ4n) is 6.33. The molecule has 3 unspecified atom stereocenters. The van der Waals surface area contributed by atoms with Crippen LogP contribution in [0.1, 0.15) is 142 Å². The Morgan fingerprint density at radius 1 is 0.762 bits per heavy atom. The van der Waals surface area contributed by atoms with Crippen LogP contribution in [0.25, 0.3) is 0 Å². The lowest BCUT2D eigenvalue weighted by atomic mass is 9.89. The number of aromatic nitrogens is 1. The molecule has 0 aliphatic carbocycles. The van der Waals surface area contributed by atoms with Crippen molar-refractivity contribution in [1.29, 1.82) is 0 Å². The zero-order valence-corrected chi connectivity index (χ0v) is 44.8. The van der Waals surface area contributed by atoms with E-state index in [4.69, 9.17) is 23.7 Å². The van der Waals surface area contributed by atoms with Gasteiger partial charge in [0.25, 0.3) is 0 Å². The first-order chi connectivity index (χ1) is 28.6. The van der Waals surface area contributed by atoms with Crippen LogP contribution in [0, 0.1) is 21.7 Å². The third-order valence-electron chi connectivity index (χ3n) is 10.1. The Morgan fingerprint density at radius 2 is 1.32 bits per heavy atom. The number of rotatable bonds is 0. The summed E-state index contributed by atoms with van der Waals surface area (Å²) >= 11 is 1.72. The predicted molar refractivity (Wildman–Crippen MR) is 263 cm³/mol. The molecular formula is C48H91N5O8S2. The largest absolute Gasteiger partial charge is 0.433 e. The Bertz CT molecular complexity index is 1580. The van der Waals surface area contributed by atoms with E-state index in [-0.39, 0.29) is 63.7 Å². The molecule has 0 saturated carbocycles. The maximum atomic E-state index is 11.8. The molecule has 0 aromatic carbocycles. The highest BCUT2D eigenvalue weighted by Crippen LogP contribution is 2.28. The quantitative estimate of drug-likeness (QED) is 0.184. The highest BCUT2D eigenvalue weighted by Gasteiger charge is 2.35. The van der Waals surface area contributed by atoms with Crippen molar-refractivity contribution in [3.8, 4) is 0 Å². The van der Waals surface area contributed by atoms with Gasteiger partial charge in [-0.05, 0) is 51.9 Å². The van der Waals surface area contributed by atoms with Gasteiger partial charge in [0.15, 0.2) is 6.29 Å². The summed E-state index contributed by atoms with van der Waals surface area (Å²) in [5.41, 5.74) is 0.268. The highest BCUT2D eigenvalue weighted by molar-refractivity contribution is 7.98. The van der Waals surface area contributed by atoms with Crippen molar-refractivity contribution in [1.82, 2.24) is 19.1 Å². The van der Waals surface area contributed by atoms with Gasteiger partial charge in [-0.2, -0.15) is 0 Å². The molecule has 5 aliphatic heterocycles. The van der Waals surface area contributed by atoms with Crippen LogP contribution in [-0.4, -0.2) is 150 Å². The second kappa shape index (κ2) is 25.2. The SMILES string of the molecule is C=S1(=O)CCCN1C(C)(C)C.CC(C)(C)C1CN=CCO1.CC(C)(C)C1OCC(=O)O1.CC(C)(C)C1OCCCO1.CC(C)(C)c1nccs1.CN1CCN(C(=O)C(C)(C)C)CC1. The lowest BCUT2D eigenvalue weighted by Crippen LogP contribution is -2.50. The Labute approximate surface area is 388 Å². The number of piperazine rings is 1.